The van der Waals surface area contributed by atoms with Crippen LogP contribution in [0.25, 0.3) is 0 Å². The first-order valence-corrected chi connectivity index (χ1v) is 5.96. The fourth-order valence-corrected chi connectivity index (χ4v) is 1.50. The molecule has 1 aromatic heterocycles. The zero-order chi connectivity index (χ0) is 14.5. The van der Waals surface area contributed by atoms with E-state index >= 15 is 0 Å². The van der Waals surface area contributed by atoms with Crippen LogP contribution in [-0.4, -0.2) is 17.6 Å². The summed E-state index contributed by atoms with van der Waals surface area (Å²) >= 11 is 0. The molecule has 0 amide bonds. The molecule has 0 saturated heterocycles. The lowest BCUT2D eigenvalue weighted by Gasteiger charge is -2.07. The number of hydrogen-bond acceptors (Lipinski definition) is 5. The van der Waals surface area contributed by atoms with Crippen molar-refractivity contribution >= 4 is 11.7 Å². The van der Waals surface area contributed by atoms with Gasteiger partial charge in [-0.05, 0) is 25.1 Å². The van der Waals surface area contributed by atoms with Crippen molar-refractivity contribution in [2.45, 2.75) is 6.92 Å². The van der Waals surface area contributed by atoms with Crippen molar-refractivity contribution in [2.24, 2.45) is 0 Å². The van der Waals surface area contributed by atoms with Gasteiger partial charge < -0.3 is 15.2 Å². The Hall–Kier alpha value is -2.63. The number of benzene rings is 1. The molecule has 0 unspecified atom stereocenters. The number of nitrogens with two attached hydrogens (primary N) is 1. The minimum absolute atomic E-state index is 0.0410. The molecule has 1 heterocycles. The van der Waals surface area contributed by atoms with Crippen molar-refractivity contribution in [3.8, 4) is 11.5 Å². The number of nitrogen functional groups attached to an aromatic ring is 1. The second-order valence-corrected chi connectivity index (χ2v) is 3.88. The normalized spacial score (nSPS) is 10.1. The van der Waals surface area contributed by atoms with Gasteiger partial charge in [-0.25, -0.2) is 14.2 Å². The fraction of sp³-hybridized carbons (Fsp3) is 0.143. The quantitative estimate of drug-likeness (QED) is 0.686. The molecule has 0 aliphatic heterocycles. The number of hydrogen-bond donors (Lipinski definition) is 1. The van der Waals surface area contributed by atoms with Gasteiger partial charge in [0.25, 0.3) is 0 Å². The summed E-state index contributed by atoms with van der Waals surface area (Å²) in [7, 11) is 0. The molecule has 104 valence electrons. The number of carbonyl (C=O) groups is 1. The molecule has 0 spiro atoms. The molecule has 0 aliphatic carbocycles. The number of carbonyl (C=O) groups excluding carboxylic acids is 1. The zero-order valence-electron chi connectivity index (χ0n) is 10.8. The zero-order valence-corrected chi connectivity index (χ0v) is 10.8. The molecule has 2 rings (SSSR count). The average Bonchev–Trinajstić information content (AvgIpc) is 2.43. The topological polar surface area (TPSA) is 74.4 Å². The van der Waals surface area contributed by atoms with Gasteiger partial charge in [0.05, 0.1) is 12.3 Å². The molecular weight excluding hydrogens is 263 g/mol. The molecule has 20 heavy (non-hydrogen) atoms. The Kier molecular flexibility index (Phi) is 4.14. The van der Waals surface area contributed by atoms with Crippen molar-refractivity contribution in [3.05, 3.63) is 48.0 Å². The first kappa shape index (κ1) is 13.8. The van der Waals surface area contributed by atoms with Crippen LogP contribution in [0.5, 0.6) is 11.5 Å². The van der Waals surface area contributed by atoms with E-state index in [1.165, 1.54) is 30.5 Å². The minimum atomic E-state index is -0.567. The van der Waals surface area contributed by atoms with E-state index in [1.807, 2.05) is 0 Å². The Bertz CT molecular complexity index is 632. The molecule has 0 saturated carbocycles. The molecule has 6 heteroatoms. The third kappa shape index (κ3) is 3.23. The van der Waals surface area contributed by atoms with Gasteiger partial charge in [-0.15, -0.1) is 0 Å². The monoisotopic (exact) mass is 276 g/mol. The second kappa shape index (κ2) is 6.01. The van der Waals surface area contributed by atoms with Crippen LogP contribution in [0, 0.1) is 5.82 Å². The van der Waals surface area contributed by atoms with Crippen molar-refractivity contribution < 1.29 is 18.7 Å². The van der Waals surface area contributed by atoms with Gasteiger partial charge in [0.1, 0.15) is 17.3 Å². The third-order valence-corrected chi connectivity index (χ3v) is 2.42. The van der Waals surface area contributed by atoms with Crippen LogP contribution in [0.4, 0.5) is 10.1 Å². The highest BCUT2D eigenvalue weighted by molar-refractivity contribution is 5.87. The smallest absolute Gasteiger partial charge is 0.357 e. The summed E-state index contributed by atoms with van der Waals surface area (Å²) in [6.45, 7) is 1.96. The second-order valence-electron chi connectivity index (χ2n) is 3.88. The van der Waals surface area contributed by atoms with Gasteiger partial charge in [-0.1, -0.05) is 0 Å². The summed E-state index contributed by atoms with van der Waals surface area (Å²) in [6, 6.07) is 7.07. The van der Waals surface area contributed by atoms with E-state index in [2.05, 4.69) is 4.98 Å². The van der Waals surface area contributed by atoms with E-state index in [9.17, 15) is 9.18 Å². The maximum absolute atomic E-state index is 13.3. The summed E-state index contributed by atoms with van der Waals surface area (Å²) in [5.41, 5.74) is 5.54. The summed E-state index contributed by atoms with van der Waals surface area (Å²) in [4.78, 5) is 15.4. The van der Waals surface area contributed by atoms with E-state index in [0.29, 0.717) is 5.75 Å². The lowest BCUT2D eigenvalue weighted by molar-refractivity contribution is 0.0519. The highest BCUT2D eigenvalue weighted by atomic mass is 19.1. The molecule has 2 aromatic rings. The van der Waals surface area contributed by atoms with Crippen LogP contribution in [0.2, 0.25) is 0 Å². The number of aromatic nitrogens is 1. The van der Waals surface area contributed by atoms with Gasteiger partial charge in [-0.2, -0.15) is 0 Å². The van der Waals surface area contributed by atoms with Gasteiger partial charge in [0, 0.05) is 18.3 Å². The molecule has 0 bridgehead atoms. The van der Waals surface area contributed by atoms with E-state index in [1.54, 1.807) is 13.0 Å². The number of pyridine rings is 1. The summed E-state index contributed by atoms with van der Waals surface area (Å²) in [5.74, 6) is -0.478. The van der Waals surface area contributed by atoms with E-state index in [-0.39, 0.29) is 23.7 Å². The maximum atomic E-state index is 13.3. The third-order valence-electron chi connectivity index (χ3n) is 2.42. The van der Waals surface area contributed by atoms with Gasteiger partial charge in [0.15, 0.2) is 5.69 Å². The first-order valence-electron chi connectivity index (χ1n) is 5.96. The Morgan fingerprint density at radius 2 is 2.05 bits per heavy atom. The van der Waals surface area contributed by atoms with E-state index in [4.69, 9.17) is 15.2 Å². The number of ether oxygens (including phenoxy) is 2. The Morgan fingerprint density at radius 3 is 2.75 bits per heavy atom. The van der Waals surface area contributed by atoms with Gasteiger partial charge >= 0.3 is 5.97 Å². The summed E-state index contributed by atoms with van der Waals surface area (Å²) < 4.78 is 23.6. The van der Waals surface area contributed by atoms with Crippen molar-refractivity contribution in [1.82, 2.24) is 4.98 Å². The van der Waals surface area contributed by atoms with Crippen molar-refractivity contribution in [3.63, 3.8) is 0 Å². The molecule has 1 aromatic carbocycles. The summed E-state index contributed by atoms with van der Waals surface area (Å²) in [6.07, 6.45) is 1.41. The highest BCUT2D eigenvalue weighted by Crippen LogP contribution is 2.24. The number of halogens is 1. The lowest BCUT2D eigenvalue weighted by Crippen LogP contribution is -2.06. The average molecular weight is 276 g/mol. The van der Waals surface area contributed by atoms with Crippen molar-refractivity contribution in [1.29, 1.82) is 0 Å². The Balaban J connectivity index is 2.19. The standard InChI is InChI=1S/C14H13FN2O3/c1-2-19-14(18)13-8-10(5-6-17-13)20-9-3-4-12(16)11(15)7-9/h3-8H,2,16H2,1H3. The number of nitrogens with zero attached hydrogens (tertiary/aromatic N) is 1. The molecular formula is C14H13FN2O3. The van der Waals surface area contributed by atoms with E-state index < -0.39 is 11.8 Å². The Labute approximate surface area is 115 Å². The molecule has 0 radical (unpaired) electrons. The van der Waals surface area contributed by atoms with Crippen LogP contribution in [0.3, 0.4) is 0 Å². The van der Waals surface area contributed by atoms with Crippen LogP contribution in [0.15, 0.2) is 36.5 Å². The van der Waals surface area contributed by atoms with Crippen LogP contribution in [-0.2, 0) is 4.74 Å². The van der Waals surface area contributed by atoms with Crippen LogP contribution < -0.4 is 10.5 Å². The number of esters is 1. The lowest BCUT2D eigenvalue weighted by atomic mass is 10.3. The predicted octanol–water partition coefficient (Wildman–Crippen LogP) is 2.77. The van der Waals surface area contributed by atoms with Crippen LogP contribution in [0.1, 0.15) is 17.4 Å². The maximum Gasteiger partial charge on any atom is 0.357 e. The van der Waals surface area contributed by atoms with Crippen LogP contribution >= 0.6 is 0 Å². The van der Waals surface area contributed by atoms with Gasteiger partial charge in [-0.3, -0.25) is 0 Å². The molecule has 5 nitrogen and oxygen atoms in total. The van der Waals surface area contributed by atoms with E-state index in [0.717, 1.165) is 0 Å². The van der Waals surface area contributed by atoms with Gasteiger partial charge in [0.2, 0.25) is 0 Å². The number of anilines is 1. The van der Waals surface area contributed by atoms with Crippen molar-refractivity contribution in [2.75, 3.05) is 12.3 Å². The SMILES string of the molecule is CCOC(=O)c1cc(Oc2ccc(N)c(F)c2)ccn1. The minimum Gasteiger partial charge on any atom is -0.461 e. The largest absolute Gasteiger partial charge is 0.461 e. The number of rotatable bonds is 4. The predicted molar refractivity (Wildman–Crippen MR) is 71.1 cm³/mol. The first-order chi connectivity index (χ1) is 9.60. The highest BCUT2D eigenvalue weighted by Gasteiger charge is 2.10. The molecule has 0 fully saturated rings. The molecule has 2 N–H and O–H groups in total. The molecule has 0 aliphatic rings. The fourth-order valence-electron chi connectivity index (χ4n) is 1.50. The molecule has 0 atom stereocenters. The summed E-state index contributed by atoms with van der Waals surface area (Å²) in [5, 5.41) is 0. The Morgan fingerprint density at radius 1 is 1.30 bits per heavy atom.